The lowest BCUT2D eigenvalue weighted by Gasteiger charge is -2.30. The van der Waals surface area contributed by atoms with Gasteiger partial charge in [0.15, 0.2) is 0 Å². The van der Waals surface area contributed by atoms with Crippen molar-refractivity contribution in [3.63, 3.8) is 0 Å². The minimum absolute atomic E-state index is 0.0439. The predicted octanol–water partition coefficient (Wildman–Crippen LogP) is 8.38. The van der Waals surface area contributed by atoms with Crippen molar-refractivity contribution < 1.29 is 9.53 Å². The van der Waals surface area contributed by atoms with Crippen LogP contribution >= 0.6 is 11.8 Å². The number of hydrogen-bond acceptors (Lipinski definition) is 4. The van der Waals surface area contributed by atoms with E-state index in [4.69, 9.17) is 4.74 Å². The van der Waals surface area contributed by atoms with Crippen LogP contribution in [0.4, 0.5) is 5.69 Å². The largest absolute Gasteiger partial charge is 0.462 e. The van der Waals surface area contributed by atoms with Gasteiger partial charge in [0, 0.05) is 11.3 Å². The Balaban J connectivity index is 2.28. The second kappa shape index (κ2) is 9.81. The molecular formula is C30H41NO2S. The van der Waals surface area contributed by atoms with Gasteiger partial charge in [-0.05, 0) is 52.8 Å². The molecule has 3 nitrogen and oxygen atoms in total. The zero-order valence-corrected chi connectivity index (χ0v) is 23.4. The fraction of sp³-hybridized carbons (Fsp3) is 0.500. The number of esters is 1. The average molecular weight is 480 g/mol. The van der Waals surface area contributed by atoms with Crippen molar-refractivity contribution in [2.45, 2.75) is 86.0 Å². The topological polar surface area (TPSA) is 29.5 Å². The van der Waals surface area contributed by atoms with E-state index in [1.54, 1.807) is 11.8 Å². The van der Waals surface area contributed by atoms with Crippen LogP contribution in [0.1, 0.15) is 91.8 Å². The summed E-state index contributed by atoms with van der Waals surface area (Å²) in [6.45, 7) is 22.4. The maximum atomic E-state index is 12.6. The number of benzene rings is 2. The van der Waals surface area contributed by atoms with Gasteiger partial charge in [0.1, 0.15) is 4.91 Å². The molecule has 0 aliphatic carbocycles. The molecule has 1 heterocycles. The first-order chi connectivity index (χ1) is 15.8. The smallest absolute Gasteiger partial charge is 0.346 e. The summed E-state index contributed by atoms with van der Waals surface area (Å²) in [5, 5.41) is 0. The van der Waals surface area contributed by atoms with Crippen molar-refractivity contribution in [2.24, 2.45) is 0 Å². The van der Waals surface area contributed by atoms with Gasteiger partial charge in [-0.2, -0.15) is 0 Å². The molecule has 0 aromatic heterocycles. The Kier molecular flexibility index (Phi) is 7.62. The first kappa shape index (κ1) is 26.4. The second-order valence-corrected chi connectivity index (χ2v) is 12.5. The highest BCUT2D eigenvalue weighted by molar-refractivity contribution is 8.04. The highest BCUT2D eigenvalue weighted by atomic mass is 32.2. The molecule has 184 valence electrons. The first-order valence-corrected chi connectivity index (χ1v) is 13.3. The number of carbonyl (C=O) groups excluding carboxylic acids is 1. The van der Waals surface area contributed by atoms with Crippen molar-refractivity contribution in [1.29, 1.82) is 0 Å². The van der Waals surface area contributed by atoms with Crippen molar-refractivity contribution in [2.75, 3.05) is 17.4 Å². The van der Waals surface area contributed by atoms with Crippen molar-refractivity contribution in [1.82, 2.24) is 0 Å². The molecule has 0 N–H and O–H groups in total. The van der Waals surface area contributed by atoms with Gasteiger partial charge in [-0.15, -0.1) is 0 Å². The molecule has 0 atom stereocenters. The molecule has 34 heavy (non-hydrogen) atoms. The molecule has 0 unspecified atom stereocenters. The van der Waals surface area contributed by atoms with E-state index >= 15 is 0 Å². The van der Waals surface area contributed by atoms with E-state index < -0.39 is 0 Å². The Morgan fingerprint density at radius 1 is 1.03 bits per heavy atom. The van der Waals surface area contributed by atoms with Crippen molar-refractivity contribution >= 4 is 23.4 Å². The number of rotatable bonds is 5. The molecule has 4 heteroatoms. The fourth-order valence-electron chi connectivity index (χ4n) is 4.30. The molecule has 2 aromatic carbocycles. The summed E-state index contributed by atoms with van der Waals surface area (Å²) >= 11 is 1.57. The van der Waals surface area contributed by atoms with Crippen LogP contribution in [0.2, 0.25) is 0 Å². The minimum atomic E-state index is -0.221. The number of nitrogens with zero attached hydrogens (tertiary/aromatic N) is 1. The standard InChI is InChI=1S/C30H41NO2S/c1-11-33-28(32)27-20(4)31(18-34-27)26-24(19(2)3)13-12-14-25(26)21-15-22(29(5,6)7)17-23(16-21)30(8,9)10/h12-17,19H,11,18H2,1-10H3. The summed E-state index contributed by atoms with van der Waals surface area (Å²) in [7, 11) is 0. The van der Waals surface area contributed by atoms with Gasteiger partial charge >= 0.3 is 5.97 Å². The number of para-hydroxylation sites is 1. The Morgan fingerprint density at radius 2 is 1.62 bits per heavy atom. The van der Waals surface area contributed by atoms with Gasteiger partial charge in [-0.25, -0.2) is 4.79 Å². The molecule has 0 fully saturated rings. The zero-order valence-electron chi connectivity index (χ0n) is 22.6. The van der Waals surface area contributed by atoms with Crippen molar-refractivity contribution in [3.8, 4) is 11.1 Å². The summed E-state index contributed by atoms with van der Waals surface area (Å²) in [5.41, 5.74) is 8.68. The van der Waals surface area contributed by atoms with Crippen LogP contribution in [-0.4, -0.2) is 18.5 Å². The Labute approximate surface area is 211 Å². The predicted molar refractivity (Wildman–Crippen MR) is 148 cm³/mol. The van der Waals surface area contributed by atoms with Gasteiger partial charge < -0.3 is 9.64 Å². The molecule has 0 spiro atoms. The maximum Gasteiger partial charge on any atom is 0.346 e. The van der Waals surface area contributed by atoms with Gasteiger partial charge in [-0.3, -0.25) is 0 Å². The second-order valence-electron chi connectivity index (χ2n) is 11.5. The molecule has 1 aliphatic rings. The zero-order chi connectivity index (χ0) is 25.4. The maximum absolute atomic E-state index is 12.6. The van der Waals surface area contributed by atoms with Crippen LogP contribution in [-0.2, 0) is 20.4 Å². The molecule has 0 amide bonds. The van der Waals surface area contributed by atoms with Gasteiger partial charge in [-0.1, -0.05) is 104 Å². The summed E-state index contributed by atoms with van der Waals surface area (Å²) in [4.78, 5) is 15.6. The van der Waals surface area contributed by atoms with Crippen LogP contribution in [0.3, 0.4) is 0 Å². The molecule has 0 saturated heterocycles. The Bertz CT molecular complexity index is 1070. The van der Waals surface area contributed by atoms with E-state index in [9.17, 15) is 4.79 Å². The van der Waals surface area contributed by atoms with E-state index in [1.165, 1.54) is 33.5 Å². The number of hydrogen-bond donors (Lipinski definition) is 0. The van der Waals surface area contributed by atoms with Gasteiger partial charge in [0.25, 0.3) is 0 Å². The minimum Gasteiger partial charge on any atom is -0.462 e. The molecule has 2 aromatic rings. The van der Waals surface area contributed by atoms with E-state index in [1.807, 2.05) is 13.8 Å². The lowest BCUT2D eigenvalue weighted by molar-refractivity contribution is -0.137. The van der Waals surface area contributed by atoms with Gasteiger partial charge in [0.2, 0.25) is 0 Å². The molecule has 0 bridgehead atoms. The molecule has 1 aliphatic heterocycles. The number of anilines is 1. The SMILES string of the molecule is CCOC(=O)C1=C(C)N(c2c(-c3cc(C(C)(C)C)cc(C(C)(C)C)c3)cccc2C(C)C)CS1. The first-order valence-electron chi connectivity index (χ1n) is 12.3. The van der Waals surface area contributed by atoms with E-state index in [0.29, 0.717) is 23.3 Å². The third-order valence-electron chi connectivity index (χ3n) is 6.47. The molecule has 0 saturated carbocycles. The quantitative estimate of drug-likeness (QED) is 0.403. The van der Waals surface area contributed by atoms with Crippen LogP contribution in [0, 0.1) is 0 Å². The highest BCUT2D eigenvalue weighted by Gasteiger charge is 2.31. The molecule has 0 radical (unpaired) electrons. The number of carbonyl (C=O) groups is 1. The lowest BCUT2D eigenvalue weighted by Crippen LogP contribution is -2.20. The summed E-state index contributed by atoms with van der Waals surface area (Å²) < 4.78 is 5.34. The van der Waals surface area contributed by atoms with E-state index in [0.717, 1.165) is 5.70 Å². The summed E-state index contributed by atoms with van der Waals surface area (Å²) in [6.07, 6.45) is 0. The fourth-order valence-corrected chi connectivity index (χ4v) is 5.38. The van der Waals surface area contributed by atoms with Crippen LogP contribution in [0.25, 0.3) is 11.1 Å². The Hall–Kier alpha value is -2.20. The summed E-state index contributed by atoms with van der Waals surface area (Å²) in [5.74, 6) is 0.843. The normalized spacial score (nSPS) is 14.9. The third-order valence-corrected chi connectivity index (χ3v) is 7.61. The Morgan fingerprint density at radius 3 is 2.12 bits per heavy atom. The van der Waals surface area contributed by atoms with Crippen LogP contribution < -0.4 is 4.90 Å². The van der Waals surface area contributed by atoms with Gasteiger partial charge in [0.05, 0.1) is 18.2 Å². The van der Waals surface area contributed by atoms with E-state index in [-0.39, 0.29) is 16.8 Å². The highest BCUT2D eigenvalue weighted by Crippen LogP contribution is 2.45. The number of allylic oxidation sites excluding steroid dienone is 1. The third kappa shape index (κ3) is 5.38. The number of ether oxygens (including phenoxy) is 1. The lowest BCUT2D eigenvalue weighted by atomic mass is 9.78. The van der Waals surface area contributed by atoms with E-state index in [2.05, 4.69) is 96.7 Å². The molecule has 3 rings (SSSR count). The number of thioether (sulfide) groups is 1. The summed E-state index contributed by atoms with van der Waals surface area (Å²) in [6, 6.07) is 13.7. The van der Waals surface area contributed by atoms with Crippen LogP contribution in [0.15, 0.2) is 47.0 Å². The average Bonchev–Trinajstić information content (AvgIpc) is 3.12. The van der Waals surface area contributed by atoms with Crippen LogP contribution in [0.5, 0.6) is 0 Å². The van der Waals surface area contributed by atoms with Crippen molar-refractivity contribution in [3.05, 3.63) is 63.7 Å². The molecular weight excluding hydrogens is 438 g/mol. The monoisotopic (exact) mass is 479 g/mol.